The van der Waals surface area contributed by atoms with E-state index < -0.39 is 5.82 Å². The highest BCUT2D eigenvalue weighted by Gasteiger charge is 2.30. The van der Waals surface area contributed by atoms with Crippen molar-refractivity contribution in [3.05, 3.63) is 53.1 Å². The average molecular weight is 363 g/mol. The number of carbonyl (C=O) groups excluding carboxylic acids is 1. The van der Waals surface area contributed by atoms with Gasteiger partial charge in [-0.05, 0) is 56.9 Å². The first-order chi connectivity index (χ1) is 13.0. The topological polar surface area (TPSA) is 83.1 Å². The Balaban J connectivity index is 1.76. The highest BCUT2D eigenvalue weighted by molar-refractivity contribution is 6.00. The summed E-state index contributed by atoms with van der Waals surface area (Å²) in [7, 11) is 0. The molecule has 1 aliphatic carbocycles. The normalized spacial score (nSPS) is 14.7. The van der Waals surface area contributed by atoms with Crippen LogP contribution >= 0.6 is 0 Å². The summed E-state index contributed by atoms with van der Waals surface area (Å²) >= 11 is 0. The van der Waals surface area contributed by atoms with Gasteiger partial charge < -0.3 is 5.32 Å². The molecule has 0 spiro atoms. The second-order valence-corrected chi connectivity index (χ2v) is 6.98. The van der Waals surface area contributed by atoms with Crippen LogP contribution in [-0.2, 0) is 0 Å². The van der Waals surface area contributed by atoms with Gasteiger partial charge in [-0.3, -0.25) is 4.79 Å². The molecule has 7 heteroatoms. The molecule has 2 heterocycles. The number of benzene rings is 1. The third-order valence-electron chi connectivity index (χ3n) is 4.96. The third-order valence-corrected chi connectivity index (χ3v) is 4.96. The maximum atomic E-state index is 13.6. The van der Waals surface area contributed by atoms with Crippen molar-refractivity contribution in [1.82, 2.24) is 19.9 Å². The van der Waals surface area contributed by atoms with Crippen molar-refractivity contribution in [3.8, 4) is 17.3 Å². The van der Waals surface area contributed by atoms with Crippen LogP contribution in [0.1, 0.15) is 41.4 Å². The van der Waals surface area contributed by atoms with Gasteiger partial charge in [0.15, 0.2) is 5.65 Å². The Bertz CT molecular complexity index is 1090. The summed E-state index contributed by atoms with van der Waals surface area (Å²) in [5.74, 6) is -0.229. The second-order valence-electron chi connectivity index (χ2n) is 6.98. The van der Waals surface area contributed by atoms with Crippen molar-refractivity contribution in [2.75, 3.05) is 0 Å². The van der Waals surface area contributed by atoms with E-state index in [1.165, 1.54) is 18.3 Å². The molecule has 1 saturated carbocycles. The minimum Gasteiger partial charge on any atom is -0.349 e. The number of hydrogen-bond acceptors (Lipinski definition) is 4. The standard InChI is InChI=1S/C20H18FN5O/c1-11-7-18(14-5-6-17(21)15(8-14)9-22)25-19-16(10-23-26(11)19)20(27)24-12(2)13-3-4-13/h5-8,10,12-13H,3-4H2,1-2H3,(H,24,27). The zero-order valence-electron chi connectivity index (χ0n) is 15.0. The second kappa shape index (κ2) is 6.47. The minimum absolute atomic E-state index is 0.0449. The molecule has 1 N–H and O–H groups in total. The summed E-state index contributed by atoms with van der Waals surface area (Å²) in [6, 6.07) is 8.02. The van der Waals surface area contributed by atoms with Gasteiger partial charge in [0.25, 0.3) is 5.91 Å². The lowest BCUT2D eigenvalue weighted by molar-refractivity contribution is 0.0937. The molecule has 0 saturated heterocycles. The number of nitrogens with zero attached hydrogens (tertiary/aromatic N) is 4. The van der Waals surface area contributed by atoms with Crippen LogP contribution < -0.4 is 5.32 Å². The molecule has 1 fully saturated rings. The molecule has 27 heavy (non-hydrogen) atoms. The Morgan fingerprint density at radius 1 is 1.41 bits per heavy atom. The zero-order valence-corrected chi connectivity index (χ0v) is 15.0. The van der Waals surface area contributed by atoms with Gasteiger partial charge in [-0.2, -0.15) is 10.4 Å². The summed E-state index contributed by atoms with van der Waals surface area (Å²) < 4.78 is 15.2. The molecule has 1 unspecified atom stereocenters. The lowest BCUT2D eigenvalue weighted by Crippen LogP contribution is -2.34. The molecule has 6 nitrogen and oxygen atoms in total. The quantitative estimate of drug-likeness (QED) is 0.771. The summed E-state index contributed by atoms with van der Waals surface area (Å²) in [4.78, 5) is 17.2. The molecule has 2 aromatic heterocycles. The summed E-state index contributed by atoms with van der Waals surface area (Å²) in [5.41, 5.74) is 2.74. The van der Waals surface area contributed by atoms with E-state index >= 15 is 0 Å². The number of aromatic nitrogens is 3. The predicted octanol–water partition coefficient (Wildman–Crippen LogP) is 3.24. The number of rotatable bonds is 4. The smallest absolute Gasteiger partial charge is 0.256 e. The first-order valence-electron chi connectivity index (χ1n) is 8.84. The number of carbonyl (C=O) groups is 1. The fraction of sp³-hybridized carbons (Fsp3) is 0.300. The molecular formula is C20H18FN5O. The highest BCUT2D eigenvalue weighted by atomic mass is 19.1. The first kappa shape index (κ1) is 17.2. The Kier molecular flexibility index (Phi) is 4.11. The summed E-state index contributed by atoms with van der Waals surface area (Å²) in [6.45, 7) is 3.86. The fourth-order valence-corrected chi connectivity index (χ4v) is 3.19. The first-order valence-corrected chi connectivity index (χ1v) is 8.84. The van der Waals surface area contributed by atoms with Crippen LogP contribution in [0.3, 0.4) is 0 Å². The monoisotopic (exact) mass is 363 g/mol. The Morgan fingerprint density at radius 3 is 2.89 bits per heavy atom. The van der Waals surface area contributed by atoms with Crippen LogP contribution in [-0.4, -0.2) is 26.5 Å². The van der Waals surface area contributed by atoms with E-state index in [-0.39, 0.29) is 17.5 Å². The summed E-state index contributed by atoms with van der Waals surface area (Å²) in [6.07, 6.45) is 3.80. The Hall–Kier alpha value is -3.27. The maximum absolute atomic E-state index is 13.6. The van der Waals surface area contributed by atoms with Crippen molar-refractivity contribution in [2.45, 2.75) is 32.7 Å². The van der Waals surface area contributed by atoms with E-state index in [2.05, 4.69) is 15.4 Å². The van der Waals surface area contributed by atoms with Gasteiger partial charge in [0, 0.05) is 17.3 Å². The van der Waals surface area contributed by atoms with Crippen molar-refractivity contribution in [1.29, 1.82) is 5.26 Å². The number of fused-ring (bicyclic) bond motifs is 1. The van der Waals surface area contributed by atoms with Crippen molar-refractivity contribution in [3.63, 3.8) is 0 Å². The summed E-state index contributed by atoms with van der Waals surface area (Å²) in [5, 5.41) is 16.3. The number of aryl methyl sites for hydroxylation is 1. The largest absolute Gasteiger partial charge is 0.349 e. The molecule has 0 bridgehead atoms. The molecule has 136 valence electrons. The van der Waals surface area contributed by atoms with Gasteiger partial charge in [-0.15, -0.1) is 0 Å². The van der Waals surface area contributed by atoms with E-state index in [0.29, 0.717) is 28.4 Å². The lowest BCUT2D eigenvalue weighted by Gasteiger charge is -2.12. The number of halogens is 1. The van der Waals surface area contributed by atoms with Gasteiger partial charge in [-0.1, -0.05) is 0 Å². The Labute approximate surface area is 155 Å². The van der Waals surface area contributed by atoms with Crippen molar-refractivity contribution >= 4 is 11.6 Å². The fourth-order valence-electron chi connectivity index (χ4n) is 3.19. The lowest BCUT2D eigenvalue weighted by atomic mass is 10.1. The van der Waals surface area contributed by atoms with Crippen LogP contribution in [0.2, 0.25) is 0 Å². The molecule has 0 aliphatic heterocycles. The number of nitriles is 1. The van der Waals surface area contributed by atoms with Crippen LogP contribution in [0.15, 0.2) is 30.5 Å². The number of hydrogen-bond donors (Lipinski definition) is 1. The SMILES string of the molecule is Cc1cc(-c2ccc(F)c(C#N)c2)nc2c(C(=O)NC(C)C3CC3)cnn12. The zero-order chi connectivity index (χ0) is 19.1. The molecule has 1 amide bonds. The molecule has 0 radical (unpaired) electrons. The van der Waals surface area contributed by atoms with Crippen molar-refractivity contribution in [2.24, 2.45) is 5.92 Å². The van der Waals surface area contributed by atoms with Crippen LogP contribution in [0, 0.1) is 30.0 Å². The van der Waals surface area contributed by atoms with Crippen LogP contribution in [0.4, 0.5) is 4.39 Å². The van der Waals surface area contributed by atoms with Crippen LogP contribution in [0.5, 0.6) is 0 Å². The number of nitrogens with one attached hydrogen (secondary N) is 1. The molecule has 3 aromatic rings. The third kappa shape index (κ3) is 3.14. The van der Waals surface area contributed by atoms with Crippen LogP contribution in [0.25, 0.3) is 16.9 Å². The van der Waals surface area contributed by atoms with E-state index in [4.69, 9.17) is 5.26 Å². The van der Waals surface area contributed by atoms with E-state index in [1.54, 1.807) is 16.6 Å². The van der Waals surface area contributed by atoms with Gasteiger partial charge in [0.1, 0.15) is 17.4 Å². The van der Waals surface area contributed by atoms with Gasteiger partial charge in [0.05, 0.1) is 17.5 Å². The van der Waals surface area contributed by atoms with E-state index in [0.717, 1.165) is 18.5 Å². The molecular weight excluding hydrogens is 345 g/mol. The minimum atomic E-state index is -0.572. The van der Waals surface area contributed by atoms with Gasteiger partial charge in [0.2, 0.25) is 0 Å². The van der Waals surface area contributed by atoms with Gasteiger partial charge in [-0.25, -0.2) is 13.9 Å². The molecule has 1 aromatic carbocycles. The Morgan fingerprint density at radius 2 is 2.19 bits per heavy atom. The van der Waals surface area contributed by atoms with E-state index in [9.17, 15) is 9.18 Å². The predicted molar refractivity (Wildman–Crippen MR) is 97.5 cm³/mol. The average Bonchev–Trinajstić information content (AvgIpc) is 3.41. The van der Waals surface area contributed by atoms with E-state index in [1.807, 2.05) is 19.9 Å². The maximum Gasteiger partial charge on any atom is 0.256 e. The van der Waals surface area contributed by atoms with Crippen molar-refractivity contribution < 1.29 is 9.18 Å². The van der Waals surface area contributed by atoms with Gasteiger partial charge >= 0.3 is 0 Å². The molecule has 4 rings (SSSR count). The molecule has 1 atom stereocenters. The highest BCUT2D eigenvalue weighted by Crippen LogP contribution is 2.32. The number of amides is 1. The molecule has 1 aliphatic rings.